The van der Waals surface area contributed by atoms with Crippen LogP contribution in [-0.4, -0.2) is 118 Å². The Kier molecular flexibility index (Phi) is 22.3. The molecule has 25 heteroatoms. The number of hydrogen-bond donors (Lipinski definition) is 8. The standard InChI is InChI=1S/C21H21ClN2O3.C19H17F3N2O3.C16H17N3O3.C15H20N2O3/c22-18-6-4-17(5-7-18)21(9-1-10-21)20(26)24-11-8-14-12-15(19(25)23-27)2-3-16(14)13-24;20-19(21,22)16-5-1-12(2-6-16)9-17(25)24-8-7-13-10-14(18(26)23-27)3-4-15(13)11-24;1-18-7-2-3-14(18)16(21)19-8-6-11-9-12(15(20)17-22)4-5-13(11)10-19;1-15(2,3)14(19)17-7-6-10-8-11(13(18)16-20)4-5-12(10)9-17/h2-7,12,27H,1,8-11,13H2,(H,23,25);1-6,10,27H,7-9,11H2,(H,23,26);2-5,7,9,22H,6,8,10H2,1H3,(H,17,20);4-5,8,20H,6-7,9H2,1-3H3,(H,16,18). The Morgan fingerprint density at radius 1 is 0.500 bits per heavy atom. The lowest BCUT2D eigenvalue weighted by Crippen LogP contribution is -2.52. The summed E-state index contributed by atoms with van der Waals surface area (Å²) in [6.07, 6.45) is 2.94. The Balaban J connectivity index is 0.000000151. The van der Waals surface area contributed by atoms with Crippen LogP contribution in [0.4, 0.5) is 13.2 Å². The van der Waals surface area contributed by atoms with E-state index in [9.17, 15) is 51.5 Å². The number of alkyl halides is 3. The maximum absolute atomic E-state index is 13.4. The third-order valence-corrected chi connectivity index (χ3v) is 18.2. The first-order chi connectivity index (χ1) is 45.7. The highest BCUT2D eigenvalue weighted by molar-refractivity contribution is 6.30. The molecule has 1 fully saturated rings. The molecule has 8 N–H and O–H groups in total. The zero-order valence-electron chi connectivity index (χ0n) is 53.4. The smallest absolute Gasteiger partial charge is 0.347 e. The fourth-order valence-corrected chi connectivity index (χ4v) is 12.5. The summed E-state index contributed by atoms with van der Waals surface area (Å²) in [5, 5.41) is 35.5. The molecule has 8 amide bonds. The molecule has 0 saturated heterocycles. The number of benzene rings is 6. The summed E-state index contributed by atoms with van der Waals surface area (Å²) in [5.74, 6) is -2.00. The first-order valence-corrected chi connectivity index (χ1v) is 31.6. The molecule has 0 atom stereocenters. The number of nitrogens with one attached hydrogen (secondary N) is 4. The summed E-state index contributed by atoms with van der Waals surface area (Å²) in [6, 6.07) is 36.8. The van der Waals surface area contributed by atoms with E-state index in [2.05, 4.69) is 0 Å². The van der Waals surface area contributed by atoms with Crippen molar-refractivity contribution in [3.63, 3.8) is 0 Å². The van der Waals surface area contributed by atoms with Gasteiger partial charge in [-0.05, 0) is 179 Å². The number of hydroxylamine groups is 4. The van der Waals surface area contributed by atoms with Crippen LogP contribution in [-0.2, 0) is 91.3 Å². The molecule has 1 saturated carbocycles. The number of fused-ring (bicyclic) bond motifs is 4. The lowest BCUT2D eigenvalue weighted by atomic mass is 9.63. The molecule has 1 aromatic heterocycles. The van der Waals surface area contributed by atoms with E-state index in [1.54, 1.807) is 81.4 Å². The van der Waals surface area contributed by atoms with Crippen molar-refractivity contribution >= 4 is 58.9 Å². The van der Waals surface area contributed by atoms with Crippen LogP contribution in [0.15, 0.2) is 140 Å². The van der Waals surface area contributed by atoms with E-state index >= 15 is 0 Å². The summed E-state index contributed by atoms with van der Waals surface area (Å²) in [5.41, 5.74) is 16.9. The van der Waals surface area contributed by atoms with Crippen LogP contribution < -0.4 is 21.9 Å². The van der Waals surface area contributed by atoms with Crippen LogP contribution in [0.5, 0.6) is 0 Å². The van der Waals surface area contributed by atoms with E-state index < -0.39 is 40.8 Å². The molecule has 0 unspecified atom stereocenters. The molecule has 504 valence electrons. The quantitative estimate of drug-likeness (QED) is 0.0495. The molecule has 1 aliphatic carbocycles. The zero-order valence-corrected chi connectivity index (χ0v) is 54.2. The SMILES string of the molecule is CC(C)(C)C(=O)N1CCc2cc(C(=O)NO)ccc2C1.Cn1cccc1C(=O)N1CCc2cc(C(=O)NO)ccc2C1.O=C(NO)c1ccc2c(c1)CCN(C(=O)C1(c3ccc(Cl)cc3)CCC1)C2.O=C(NO)c1ccc2c(c1)CCN(C(=O)Cc1ccc(C(F)(F)F)cc1)C2. The predicted molar refractivity (Wildman–Crippen MR) is 346 cm³/mol. The average Bonchev–Trinajstić information content (AvgIpc) is 0.852. The van der Waals surface area contributed by atoms with Gasteiger partial charge in [-0.1, -0.05) is 87.3 Å². The summed E-state index contributed by atoms with van der Waals surface area (Å²) in [7, 11) is 1.85. The van der Waals surface area contributed by atoms with Gasteiger partial charge in [-0.15, -0.1) is 0 Å². The van der Waals surface area contributed by atoms with Gasteiger partial charge in [-0.25, -0.2) is 21.9 Å². The molecule has 0 bridgehead atoms. The molecule has 0 spiro atoms. The van der Waals surface area contributed by atoms with E-state index in [0.717, 1.165) is 87.9 Å². The number of amides is 8. The molecular weight excluding hydrogens is 1260 g/mol. The molecule has 7 aromatic rings. The Labute approximate surface area is 557 Å². The summed E-state index contributed by atoms with van der Waals surface area (Å²) in [4.78, 5) is 104. The highest BCUT2D eigenvalue weighted by atomic mass is 35.5. The van der Waals surface area contributed by atoms with Crippen LogP contribution in [0.25, 0.3) is 0 Å². The predicted octanol–water partition coefficient (Wildman–Crippen LogP) is 9.50. The molecule has 96 heavy (non-hydrogen) atoms. The molecule has 0 radical (unpaired) electrons. The van der Waals surface area contributed by atoms with Gasteiger partial charge in [-0.3, -0.25) is 59.2 Å². The maximum Gasteiger partial charge on any atom is 0.416 e. The highest BCUT2D eigenvalue weighted by Gasteiger charge is 2.48. The third-order valence-electron chi connectivity index (χ3n) is 18.0. The van der Waals surface area contributed by atoms with Crippen molar-refractivity contribution in [3.8, 4) is 0 Å². The number of aryl methyl sites for hydroxylation is 1. The van der Waals surface area contributed by atoms with E-state index in [1.807, 2.05) is 108 Å². The van der Waals surface area contributed by atoms with E-state index in [1.165, 1.54) is 12.1 Å². The van der Waals surface area contributed by atoms with Crippen LogP contribution in [0, 0.1) is 5.41 Å². The summed E-state index contributed by atoms with van der Waals surface area (Å²) < 4.78 is 39.6. The molecule has 12 rings (SSSR count). The van der Waals surface area contributed by atoms with E-state index in [-0.39, 0.29) is 35.5 Å². The molecule has 5 aliphatic rings. The van der Waals surface area contributed by atoms with Crippen molar-refractivity contribution < 1.29 is 72.4 Å². The number of nitrogens with zero attached hydrogens (tertiary/aromatic N) is 5. The van der Waals surface area contributed by atoms with Crippen LogP contribution >= 0.6 is 11.6 Å². The highest BCUT2D eigenvalue weighted by Crippen LogP contribution is 2.46. The molecule has 5 heterocycles. The number of hydrogen-bond acceptors (Lipinski definition) is 12. The van der Waals surface area contributed by atoms with E-state index in [4.69, 9.17) is 32.4 Å². The van der Waals surface area contributed by atoms with Crippen molar-refractivity contribution in [3.05, 3.63) is 234 Å². The van der Waals surface area contributed by atoms with Crippen LogP contribution in [0.3, 0.4) is 0 Å². The summed E-state index contributed by atoms with van der Waals surface area (Å²) in [6.45, 7) is 10.1. The second kappa shape index (κ2) is 30.3. The topological polar surface area (TPSA) is 283 Å². The van der Waals surface area contributed by atoms with E-state index in [0.29, 0.717) is 110 Å². The maximum atomic E-state index is 13.4. The van der Waals surface area contributed by atoms with Crippen LogP contribution in [0.1, 0.15) is 153 Å². The monoisotopic (exact) mass is 1340 g/mol. The average molecular weight is 1340 g/mol. The fraction of sp³-hybridized carbons (Fsp3) is 0.324. The first kappa shape index (κ1) is 70.6. The minimum atomic E-state index is -4.40. The number of carbonyl (C=O) groups is 8. The molecule has 4 aliphatic heterocycles. The lowest BCUT2D eigenvalue weighted by molar-refractivity contribution is -0.142. The molecule has 21 nitrogen and oxygen atoms in total. The second-order valence-corrected chi connectivity index (χ2v) is 25.7. The lowest BCUT2D eigenvalue weighted by Gasteiger charge is -2.45. The normalized spacial score (nSPS) is 15.0. The van der Waals surface area contributed by atoms with Gasteiger partial charge < -0.3 is 24.2 Å². The van der Waals surface area contributed by atoms with Gasteiger partial charge in [0.2, 0.25) is 17.7 Å². The minimum absolute atomic E-state index is 0.00956. The second-order valence-electron chi connectivity index (χ2n) is 25.3. The first-order valence-electron chi connectivity index (χ1n) is 31.2. The summed E-state index contributed by atoms with van der Waals surface area (Å²) >= 11 is 6.01. The van der Waals surface area contributed by atoms with Gasteiger partial charge in [-0.2, -0.15) is 13.2 Å². The van der Waals surface area contributed by atoms with Crippen molar-refractivity contribution in [2.45, 2.75) is 110 Å². The van der Waals surface area contributed by atoms with Gasteiger partial charge in [0.25, 0.3) is 29.5 Å². The third kappa shape index (κ3) is 16.5. The number of halogens is 4. The van der Waals surface area contributed by atoms with Gasteiger partial charge >= 0.3 is 6.18 Å². The Morgan fingerprint density at radius 3 is 1.28 bits per heavy atom. The van der Waals surface area contributed by atoms with Crippen molar-refractivity contribution in [2.75, 3.05) is 26.2 Å². The largest absolute Gasteiger partial charge is 0.416 e. The van der Waals surface area contributed by atoms with Crippen LogP contribution in [0.2, 0.25) is 5.02 Å². The van der Waals surface area contributed by atoms with Gasteiger partial charge in [0.1, 0.15) is 5.69 Å². The Morgan fingerprint density at radius 2 is 0.896 bits per heavy atom. The van der Waals surface area contributed by atoms with Gasteiger partial charge in [0, 0.05) is 98.3 Å². The molecular formula is C71H75ClF3N9O12. The Bertz CT molecular complexity index is 4070. The number of rotatable bonds is 9. The van der Waals surface area contributed by atoms with Crippen molar-refractivity contribution in [2.24, 2.45) is 12.5 Å². The zero-order chi connectivity index (χ0) is 69.2. The van der Waals surface area contributed by atoms with Gasteiger partial charge in [0.05, 0.1) is 17.4 Å². The number of aromatic nitrogens is 1. The molecule has 6 aromatic carbocycles. The fourth-order valence-electron chi connectivity index (χ4n) is 12.4. The van der Waals surface area contributed by atoms with Crippen molar-refractivity contribution in [1.29, 1.82) is 0 Å². The van der Waals surface area contributed by atoms with Gasteiger partial charge in [0.15, 0.2) is 0 Å². The van der Waals surface area contributed by atoms with Crippen molar-refractivity contribution in [1.82, 2.24) is 46.1 Å². The minimum Gasteiger partial charge on any atom is -0.347 e. The number of carbonyl (C=O) groups excluding carboxylic acids is 8. The Hall–Kier alpha value is -9.72.